The number of halogens is 1. The summed E-state index contributed by atoms with van der Waals surface area (Å²) < 4.78 is 4.55. The Labute approximate surface area is 88.8 Å². The smallest absolute Gasteiger partial charge is 0.339 e. The van der Waals surface area contributed by atoms with E-state index in [9.17, 15) is 4.79 Å². The zero-order chi connectivity index (χ0) is 9.84. The van der Waals surface area contributed by atoms with Crippen LogP contribution in [0.1, 0.15) is 10.4 Å². The van der Waals surface area contributed by atoms with Crippen molar-refractivity contribution in [3.8, 4) is 0 Å². The number of hydrogen-bond donors (Lipinski definition) is 2. The van der Waals surface area contributed by atoms with E-state index in [1.165, 1.54) is 7.11 Å². The maximum Gasteiger partial charge on any atom is 0.339 e. The quantitative estimate of drug-likeness (QED) is 0.581. The third kappa shape index (κ3) is 2.53. The Morgan fingerprint density at radius 2 is 2.14 bits per heavy atom. The van der Waals surface area contributed by atoms with Gasteiger partial charge in [-0.1, -0.05) is 0 Å². The van der Waals surface area contributed by atoms with E-state index in [4.69, 9.17) is 5.73 Å². The first-order valence-electron chi connectivity index (χ1n) is 3.84. The van der Waals surface area contributed by atoms with E-state index in [1.54, 1.807) is 25.2 Å². The number of hydrogen-bond acceptors (Lipinski definition) is 4. The van der Waals surface area contributed by atoms with Gasteiger partial charge in [0.1, 0.15) is 0 Å². The number of carbonyl (C=O) groups is 1. The number of nitrogen functional groups attached to an aromatic ring is 1. The molecule has 1 aromatic carbocycles. The van der Waals surface area contributed by atoms with Crippen LogP contribution in [0.5, 0.6) is 0 Å². The highest BCUT2D eigenvalue weighted by molar-refractivity contribution is 5.95. The van der Waals surface area contributed by atoms with Crippen LogP contribution < -0.4 is 11.1 Å². The average Bonchev–Trinajstić information content (AvgIpc) is 2.16. The predicted octanol–water partition coefficient (Wildman–Crippen LogP) is 1.52. The molecule has 0 aliphatic carbocycles. The molecule has 14 heavy (non-hydrogen) atoms. The summed E-state index contributed by atoms with van der Waals surface area (Å²) in [4.78, 5) is 11.1. The first-order valence-corrected chi connectivity index (χ1v) is 3.84. The fraction of sp³-hybridized carbons (Fsp3) is 0.222. The molecule has 0 aliphatic heterocycles. The predicted molar refractivity (Wildman–Crippen MR) is 59.0 cm³/mol. The molecule has 0 saturated heterocycles. The van der Waals surface area contributed by atoms with Gasteiger partial charge < -0.3 is 15.8 Å². The van der Waals surface area contributed by atoms with Crippen LogP contribution in [0.25, 0.3) is 0 Å². The van der Waals surface area contributed by atoms with Gasteiger partial charge in [-0.05, 0) is 18.2 Å². The highest BCUT2D eigenvalue weighted by Gasteiger charge is 2.09. The molecule has 0 amide bonds. The van der Waals surface area contributed by atoms with Crippen molar-refractivity contribution in [1.82, 2.24) is 0 Å². The number of rotatable bonds is 2. The first kappa shape index (κ1) is 12.6. The van der Waals surface area contributed by atoms with E-state index in [-0.39, 0.29) is 12.4 Å². The van der Waals surface area contributed by atoms with Gasteiger partial charge in [0.2, 0.25) is 0 Å². The second-order valence-corrected chi connectivity index (χ2v) is 2.54. The van der Waals surface area contributed by atoms with E-state index >= 15 is 0 Å². The topological polar surface area (TPSA) is 64.3 Å². The lowest BCUT2D eigenvalue weighted by atomic mass is 10.1. The molecule has 0 radical (unpaired) electrons. The first-order chi connectivity index (χ1) is 6.19. The van der Waals surface area contributed by atoms with Gasteiger partial charge in [0, 0.05) is 18.4 Å². The summed E-state index contributed by atoms with van der Waals surface area (Å²) in [7, 11) is 3.11. The number of carbonyl (C=O) groups excluding carboxylic acids is 1. The summed E-state index contributed by atoms with van der Waals surface area (Å²) in [6.45, 7) is 0. The largest absolute Gasteiger partial charge is 0.465 e. The van der Waals surface area contributed by atoms with E-state index in [2.05, 4.69) is 10.1 Å². The van der Waals surface area contributed by atoms with Gasteiger partial charge >= 0.3 is 5.97 Å². The molecule has 78 valence electrons. The Hall–Kier alpha value is -1.42. The van der Waals surface area contributed by atoms with Crippen LogP contribution >= 0.6 is 12.4 Å². The Kier molecular flexibility index (Phi) is 4.80. The van der Waals surface area contributed by atoms with Crippen molar-refractivity contribution in [3.05, 3.63) is 23.8 Å². The summed E-state index contributed by atoms with van der Waals surface area (Å²) in [6.07, 6.45) is 0. The van der Waals surface area contributed by atoms with Crippen molar-refractivity contribution in [2.45, 2.75) is 0 Å². The maximum atomic E-state index is 11.1. The van der Waals surface area contributed by atoms with Gasteiger partial charge in [-0.25, -0.2) is 4.79 Å². The van der Waals surface area contributed by atoms with Crippen molar-refractivity contribution in [2.75, 3.05) is 25.2 Å². The highest BCUT2D eigenvalue weighted by atomic mass is 35.5. The molecule has 1 aromatic rings. The minimum absolute atomic E-state index is 0. The molecule has 0 heterocycles. The zero-order valence-electron chi connectivity index (χ0n) is 8.03. The Morgan fingerprint density at radius 3 is 2.57 bits per heavy atom. The van der Waals surface area contributed by atoms with Crippen LogP contribution in [0.3, 0.4) is 0 Å². The number of methoxy groups -OCH3 is 1. The molecule has 1 rings (SSSR count). The molecule has 0 aliphatic rings. The number of nitrogens with two attached hydrogens (primary N) is 1. The van der Waals surface area contributed by atoms with Gasteiger partial charge in [0.25, 0.3) is 0 Å². The standard InChI is InChI=1S/C9H12N2O2.ClH/c1-11-6-3-4-7(8(10)5-6)9(12)13-2;/h3-5,11H,10H2,1-2H3;1H. The molecule has 0 unspecified atom stereocenters. The van der Waals surface area contributed by atoms with E-state index in [1.807, 2.05) is 0 Å². The molecule has 0 bridgehead atoms. The van der Waals surface area contributed by atoms with Crippen molar-refractivity contribution in [3.63, 3.8) is 0 Å². The molecular weight excluding hydrogens is 204 g/mol. The van der Waals surface area contributed by atoms with Crippen LogP contribution in [-0.4, -0.2) is 20.1 Å². The third-order valence-electron chi connectivity index (χ3n) is 1.75. The average molecular weight is 217 g/mol. The van der Waals surface area contributed by atoms with E-state index in [0.717, 1.165) is 5.69 Å². The Balaban J connectivity index is 0.00000169. The summed E-state index contributed by atoms with van der Waals surface area (Å²) in [5.74, 6) is -0.417. The SMILES string of the molecule is CNc1ccc(C(=O)OC)c(N)c1.Cl. The highest BCUT2D eigenvalue weighted by Crippen LogP contribution is 2.17. The van der Waals surface area contributed by atoms with Gasteiger partial charge in [-0.2, -0.15) is 0 Å². The number of esters is 1. The Bertz CT molecular complexity index is 329. The lowest BCUT2D eigenvalue weighted by Gasteiger charge is -2.05. The zero-order valence-corrected chi connectivity index (χ0v) is 8.85. The molecule has 0 fully saturated rings. The molecule has 3 N–H and O–H groups in total. The van der Waals surface area contributed by atoms with Gasteiger partial charge in [-0.15, -0.1) is 12.4 Å². The minimum Gasteiger partial charge on any atom is -0.465 e. The van der Waals surface area contributed by atoms with E-state index in [0.29, 0.717) is 11.3 Å². The van der Waals surface area contributed by atoms with Gasteiger partial charge in [0.15, 0.2) is 0 Å². The fourth-order valence-electron chi connectivity index (χ4n) is 1.01. The molecule has 0 spiro atoms. The number of anilines is 2. The molecule has 0 aromatic heterocycles. The van der Waals surface area contributed by atoms with Crippen LogP contribution in [0.15, 0.2) is 18.2 Å². The number of benzene rings is 1. The lowest BCUT2D eigenvalue weighted by Crippen LogP contribution is -2.05. The van der Waals surface area contributed by atoms with E-state index < -0.39 is 5.97 Å². The van der Waals surface area contributed by atoms with Crippen molar-refractivity contribution < 1.29 is 9.53 Å². The van der Waals surface area contributed by atoms with Crippen LogP contribution in [-0.2, 0) is 4.74 Å². The lowest BCUT2D eigenvalue weighted by molar-refractivity contribution is 0.0602. The monoisotopic (exact) mass is 216 g/mol. The van der Waals surface area contributed by atoms with Crippen LogP contribution in [0.2, 0.25) is 0 Å². The van der Waals surface area contributed by atoms with Crippen LogP contribution in [0, 0.1) is 0 Å². The maximum absolute atomic E-state index is 11.1. The van der Waals surface area contributed by atoms with Gasteiger partial charge in [0.05, 0.1) is 12.7 Å². The van der Waals surface area contributed by atoms with Crippen LogP contribution in [0.4, 0.5) is 11.4 Å². The summed E-state index contributed by atoms with van der Waals surface area (Å²) in [5, 5.41) is 2.92. The molecule has 4 nitrogen and oxygen atoms in total. The Morgan fingerprint density at radius 1 is 1.50 bits per heavy atom. The van der Waals surface area contributed by atoms with Gasteiger partial charge in [-0.3, -0.25) is 0 Å². The number of ether oxygens (including phenoxy) is 1. The summed E-state index contributed by atoms with van der Waals surface area (Å²) in [5.41, 5.74) is 7.30. The fourth-order valence-corrected chi connectivity index (χ4v) is 1.01. The third-order valence-corrected chi connectivity index (χ3v) is 1.75. The molecule has 5 heteroatoms. The normalized spacial score (nSPS) is 8.71. The second-order valence-electron chi connectivity index (χ2n) is 2.54. The molecular formula is C9H13ClN2O2. The summed E-state index contributed by atoms with van der Waals surface area (Å²) in [6, 6.07) is 5.09. The molecule has 0 atom stereocenters. The summed E-state index contributed by atoms with van der Waals surface area (Å²) >= 11 is 0. The molecule has 0 saturated carbocycles. The van der Waals surface area contributed by atoms with Crippen molar-refractivity contribution in [2.24, 2.45) is 0 Å². The van der Waals surface area contributed by atoms with Crippen molar-refractivity contribution in [1.29, 1.82) is 0 Å². The van der Waals surface area contributed by atoms with Crippen molar-refractivity contribution >= 4 is 29.8 Å². The minimum atomic E-state index is -0.417. The second kappa shape index (κ2) is 5.34. The number of nitrogens with one attached hydrogen (secondary N) is 1.